The van der Waals surface area contributed by atoms with Crippen LogP contribution in [-0.4, -0.2) is 24.1 Å². The molecule has 7 nitrogen and oxygen atoms in total. The van der Waals surface area contributed by atoms with E-state index in [1.807, 2.05) is 0 Å². The summed E-state index contributed by atoms with van der Waals surface area (Å²) in [6.07, 6.45) is 1.24. The van der Waals surface area contributed by atoms with E-state index in [1.165, 1.54) is 10.8 Å². The lowest BCUT2D eigenvalue weighted by molar-refractivity contribution is 0.0683. The molecule has 0 aliphatic rings. The highest BCUT2D eigenvalue weighted by molar-refractivity contribution is 7.89. The zero-order valence-electron chi connectivity index (χ0n) is 8.84. The van der Waals surface area contributed by atoms with Gasteiger partial charge in [0.2, 0.25) is 0 Å². The third-order valence-electron chi connectivity index (χ3n) is 2.06. The molecule has 1 rings (SSSR count). The van der Waals surface area contributed by atoms with Crippen molar-refractivity contribution in [1.29, 1.82) is 0 Å². The lowest BCUT2D eigenvalue weighted by atomic mass is 10.3. The van der Waals surface area contributed by atoms with Crippen LogP contribution in [0.3, 0.4) is 0 Å². The minimum atomic E-state index is -3.82. The van der Waals surface area contributed by atoms with Crippen LogP contribution in [0.15, 0.2) is 17.2 Å². The van der Waals surface area contributed by atoms with Gasteiger partial charge in [0.1, 0.15) is 10.6 Å². The highest BCUT2D eigenvalue weighted by Crippen LogP contribution is 2.18. The average Bonchev–Trinajstić information content (AvgIpc) is 2.62. The maximum atomic E-state index is 11.4. The fourth-order valence-corrected chi connectivity index (χ4v) is 1.92. The fraction of sp³-hybridized carbons (Fsp3) is 0.375. The Bertz CT molecular complexity index is 503. The predicted molar refractivity (Wildman–Crippen MR) is 56.3 cm³/mol. The Labute approximate surface area is 92.9 Å². The van der Waals surface area contributed by atoms with Gasteiger partial charge in [-0.1, -0.05) is 0 Å². The van der Waals surface area contributed by atoms with Crippen molar-refractivity contribution in [1.82, 2.24) is 9.40 Å². The number of carbonyl (C=O) groups is 1. The molecule has 0 radical (unpaired) electrons. The van der Waals surface area contributed by atoms with Crippen molar-refractivity contribution in [2.24, 2.45) is 5.84 Å². The molecular weight excluding hydrogens is 234 g/mol. The van der Waals surface area contributed by atoms with Crippen LogP contribution in [-0.2, 0) is 10.0 Å². The van der Waals surface area contributed by atoms with Crippen molar-refractivity contribution in [2.75, 3.05) is 0 Å². The third kappa shape index (κ3) is 2.23. The summed E-state index contributed by atoms with van der Waals surface area (Å²) < 4.78 is 24.1. The van der Waals surface area contributed by atoms with Gasteiger partial charge in [-0.25, -0.2) is 13.2 Å². The SMILES string of the molecule is CC(C)n1cc(S(=O)(=O)NN)cc1C(=O)O. The van der Waals surface area contributed by atoms with Gasteiger partial charge in [0.15, 0.2) is 0 Å². The number of rotatable bonds is 4. The number of nitrogens with two attached hydrogens (primary N) is 1. The number of hydrogen-bond donors (Lipinski definition) is 3. The molecule has 1 aromatic rings. The summed E-state index contributed by atoms with van der Waals surface area (Å²) in [4.78, 5) is 12.4. The van der Waals surface area contributed by atoms with Gasteiger partial charge in [-0.15, -0.1) is 0 Å². The van der Waals surface area contributed by atoms with Gasteiger partial charge in [-0.05, 0) is 19.9 Å². The van der Waals surface area contributed by atoms with Crippen LogP contribution in [0.25, 0.3) is 0 Å². The summed E-state index contributed by atoms with van der Waals surface area (Å²) in [5, 5.41) is 8.90. The quantitative estimate of drug-likeness (QED) is 0.508. The Kier molecular flexibility index (Phi) is 3.36. The fourth-order valence-electron chi connectivity index (χ4n) is 1.27. The molecule has 0 saturated heterocycles. The minimum absolute atomic E-state index is 0.0937. The van der Waals surface area contributed by atoms with Gasteiger partial charge in [0.05, 0.1) is 0 Å². The average molecular weight is 247 g/mol. The van der Waals surface area contributed by atoms with E-state index in [0.29, 0.717) is 0 Å². The number of hydrazine groups is 1. The molecule has 0 fully saturated rings. The van der Waals surface area contributed by atoms with E-state index >= 15 is 0 Å². The van der Waals surface area contributed by atoms with Gasteiger partial charge in [0, 0.05) is 12.2 Å². The van der Waals surface area contributed by atoms with Crippen LogP contribution in [0.4, 0.5) is 0 Å². The zero-order valence-corrected chi connectivity index (χ0v) is 9.65. The molecule has 16 heavy (non-hydrogen) atoms. The van der Waals surface area contributed by atoms with Gasteiger partial charge in [-0.3, -0.25) is 5.84 Å². The standard InChI is InChI=1S/C8H13N3O4S/c1-5(2)11-4-6(16(14,15)10-9)3-7(11)8(12)13/h3-5,10H,9H2,1-2H3,(H,12,13). The zero-order chi connectivity index (χ0) is 12.5. The van der Waals surface area contributed by atoms with Gasteiger partial charge >= 0.3 is 5.97 Å². The second-order valence-electron chi connectivity index (χ2n) is 3.49. The van der Waals surface area contributed by atoms with Crippen LogP contribution in [0.5, 0.6) is 0 Å². The molecule has 0 aliphatic carbocycles. The summed E-state index contributed by atoms with van der Waals surface area (Å²) in [6.45, 7) is 3.50. The van der Waals surface area contributed by atoms with Gasteiger partial charge in [-0.2, -0.15) is 4.83 Å². The number of sulfonamides is 1. The second kappa shape index (κ2) is 4.24. The molecule has 0 saturated carbocycles. The summed E-state index contributed by atoms with van der Waals surface area (Å²) >= 11 is 0. The van der Waals surface area contributed by atoms with Gasteiger partial charge in [0.25, 0.3) is 10.0 Å². The van der Waals surface area contributed by atoms with Crippen LogP contribution in [0.1, 0.15) is 30.4 Å². The van der Waals surface area contributed by atoms with Crippen LogP contribution < -0.4 is 10.7 Å². The lowest BCUT2D eigenvalue weighted by Gasteiger charge is -2.09. The Morgan fingerprint density at radius 1 is 1.56 bits per heavy atom. The van der Waals surface area contributed by atoms with Crippen LogP contribution in [0.2, 0.25) is 0 Å². The Morgan fingerprint density at radius 3 is 2.44 bits per heavy atom. The summed E-state index contributed by atoms with van der Waals surface area (Å²) in [7, 11) is -3.82. The number of aromatic carboxylic acids is 1. The maximum Gasteiger partial charge on any atom is 0.352 e. The summed E-state index contributed by atoms with van der Waals surface area (Å²) in [6, 6.07) is 0.908. The van der Waals surface area contributed by atoms with Crippen molar-refractivity contribution < 1.29 is 18.3 Å². The van der Waals surface area contributed by atoms with Crippen LogP contribution >= 0.6 is 0 Å². The normalized spacial score (nSPS) is 12.0. The van der Waals surface area contributed by atoms with E-state index in [-0.39, 0.29) is 16.6 Å². The smallest absolute Gasteiger partial charge is 0.352 e. The molecule has 0 spiro atoms. The number of carboxylic acids is 1. The molecular formula is C8H13N3O4S. The van der Waals surface area contributed by atoms with Crippen molar-refractivity contribution in [3.8, 4) is 0 Å². The summed E-state index contributed by atoms with van der Waals surface area (Å²) in [5.74, 6) is 3.67. The lowest BCUT2D eigenvalue weighted by Crippen LogP contribution is -2.29. The molecule has 0 amide bonds. The number of hydrogen-bond acceptors (Lipinski definition) is 4. The first-order valence-corrected chi connectivity index (χ1v) is 5.95. The Balaban J connectivity index is 3.38. The minimum Gasteiger partial charge on any atom is -0.477 e. The largest absolute Gasteiger partial charge is 0.477 e. The van der Waals surface area contributed by atoms with Crippen LogP contribution in [0, 0.1) is 0 Å². The topological polar surface area (TPSA) is 114 Å². The highest BCUT2D eigenvalue weighted by atomic mass is 32.2. The van der Waals surface area contributed by atoms with Crippen molar-refractivity contribution >= 4 is 16.0 Å². The van der Waals surface area contributed by atoms with E-state index in [0.717, 1.165) is 6.07 Å². The van der Waals surface area contributed by atoms with Crippen molar-refractivity contribution in [2.45, 2.75) is 24.8 Å². The third-order valence-corrected chi connectivity index (χ3v) is 3.22. The summed E-state index contributed by atoms with van der Waals surface area (Å²) in [5.41, 5.74) is -0.0937. The van der Waals surface area contributed by atoms with Crippen molar-refractivity contribution in [3.63, 3.8) is 0 Å². The number of aromatic nitrogens is 1. The number of nitrogens with zero attached hydrogens (tertiary/aromatic N) is 1. The molecule has 4 N–H and O–H groups in total. The van der Waals surface area contributed by atoms with E-state index in [4.69, 9.17) is 10.9 Å². The molecule has 90 valence electrons. The highest BCUT2D eigenvalue weighted by Gasteiger charge is 2.21. The Hall–Kier alpha value is -1.38. The molecule has 0 aliphatic heterocycles. The van der Waals surface area contributed by atoms with E-state index in [9.17, 15) is 13.2 Å². The first kappa shape index (κ1) is 12.7. The van der Waals surface area contributed by atoms with E-state index in [2.05, 4.69) is 0 Å². The molecule has 8 heteroatoms. The maximum absolute atomic E-state index is 11.4. The molecule has 0 bridgehead atoms. The van der Waals surface area contributed by atoms with E-state index < -0.39 is 16.0 Å². The second-order valence-corrected chi connectivity index (χ2v) is 5.20. The predicted octanol–water partition coefficient (Wildman–Crippen LogP) is -0.0808. The molecule has 1 aromatic heterocycles. The first-order chi connectivity index (χ1) is 7.29. The molecule has 1 heterocycles. The molecule has 0 atom stereocenters. The van der Waals surface area contributed by atoms with E-state index in [1.54, 1.807) is 18.7 Å². The number of nitrogens with one attached hydrogen (secondary N) is 1. The molecule has 0 unspecified atom stereocenters. The Morgan fingerprint density at radius 2 is 2.12 bits per heavy atom. The number of carboxylic acid groups (broad SMARTS) is 1. The van der Waals surface area contributed by atoms with Crippen molar-refractivity contribution in [3.05, 3.63) is 18.0 Å². The van der Waals surface area contributed by atoms with Gasteiger partial charge < -0.3 is 9.67 Å². The molecule has 0 aromatic carbocycles. The monoisotopic (exact) mass is 247 g/mol. The first-order valence-electron chi connectivity index (χ1n) is 4.47.